The van der Waals surface area contributed by atoms with Gasteiger partial charge >= 0.3 is 6.03 Å². The number of benzene rings is 2. The van der Waals surface area contributed by atoms with Gasteiger partial charge in [-0.2, -0.15) is 0 Å². The molecule has 1 saturated heterocycles. The van der Waals surface area contributed by atoms with E-state index in [1.54, 1.807) is 12.1 Å². The molecule has 0 bridgehead atoms. The van der Waals surface area contributed by atoms with Crippen LogP contribution in [0.15, 0.2) is 42.5 Å². The topological polar surface area (TPSA) is 78.9 Å². The van der Waals surface area contributed by atoms with Crippen LogP contribution in [0.2, 0.25) is 10.0 Å². The average Bonchev–Trinajstić information content (AvgIpc) is 2.92. The van der Waals surface area contributed by atoms with Crippen LogP contribution in [0.1, 0.15) is 24.0 Å². The van der Waals surface area contributed by atoms with Gasteiger partial charge in [0.25, 0.3) is 5.91 Å². The molecule has 152 valence electrons. The Morgan fingerprint density at radius 1 is 1.21 bits per heavy atom. The first-order valence-corrected chi connectivity index (χ1v) is 10.1. The van der Waals surface area contributed by atoms with Crippen molar-refractivity contribution in [3.05, 3.63) is 63.6 Å². The molecule has 29 heavy (non-hydrogen) atoms. The lowest BCUT2D eigenvalue weighted by molar-refractivity contribution is -0.133. The number of urea groups is 1. The van der Waals surface area contributed by atoms with Crippen molar-refractivity contribution >= 4 is 35.1 Å². The molecule has 0 radical (unpaired) electrons. The van der Waals surface area contributed by atoms with Gasteiger partial charge in [-0.1, -0.05) is 47.5 Å². The van der Waals surface area contributed by atoms with Crippen molar-refractivity contribution in [1.82, 2.24) is 10.2 Å². The summed E-state index contributed by atoms with van der Waals surface area (Å²) < 4.78 is 5.52. The quantitative estimate of drug-likeness (QED) is 0.705. The number of carbonyl (C=O) groups excluding carboxylic acids is 2. The Hall–Kier alpha value is -2.28. The van der Waals surface area contributed by atoms with Crippen molar-refractivity contribution in [2.45, 2.75) is 30.9 Å². The lowest BCUT2D eigenvalue weighted by Gasteiger charge is -2.33. The van der Waals surface area contributed by atoms with Gasteiger partial charge < -0.3 is 15.2 Å². The molecule has 6 nitrogen and oxygen atoms in total. The summed E-state index contributed by atoms with van der Waals surface area (Å²) in [5.41, 5.74) is 0.854. The molecule has 2 atom stereocenters. The van der Waals surface area contributed by atoms with Gasteiger partial charge in [0.2, 0.25) is 0 Å². The summed E-state index contributed by atoms with van der Waals surface area (Å²) in [7, 11) is 0. The van der Waals surface area contributed by atoms with Gasteiger partial charge in [-0.15, -0.1) is 0 Å². The third-order valence-corrected chi connectivity index (χ3v) is 5.90. The summed E-state index contributed by atoms with van der Waals surface area (Å²) in [6.45, 7) is -0.290. The van der Waals surface area contributed by atoms with Crippen molar-refractivity contribution in [2.75, 3.05) is 13.2 Å². The Morgan fingerprint density at radius 2 is 2.00 bits per heavy atom. The Balaban J connectivity index is 1.46. The summed E-state index contributed by atoms with van der Waals surface area (Å²) in [5.74, 6) is 0.0308. The van der Waals surface area contributed by atoms with Crippen LogP contribution in [0.3, 0.4) is 0 Å². The molecule has 0 unspecified atom stereocenters. The fourth-order valence-electron chi connectivity index (χ4n) is 4.02. The standard InChI is InChI=1S/C21H20Cl2N2O4/c22-14-7-8-18(17(23)10-14)29-12-15(26)11-25-19(27)21(24-20(25)28)9-3-5-13-4-1-2-6-16(13)21/h1-2,4,6-8,10,15,26H,3,5,9,11-12H2,(H,24,28)/t15-,21-/m0/s1. The van der Waals surface area contributed by atoms with Crippen LogP contribution < -0.4 is 10.1 Å². The normalized spacial score (nSPS) is 21.8. The highest BCUT2D eigenvalue weighted by molar-refractivity contribution is 6.35. The Bertz CT molecular complexity index is 967. The fourth-order valence-corrected chi connectivity index (χ4v) is 4.48. The number of fused-ring (bicyclic) bond motifs is 2. The second kappa shape index (κ2) is 7.86. The highest BCUT2D eigenvalue weighted by atomic mass is 35.5. The minimum Gasteiger partial charge on any atom is -0.489 e. The molecule has 2 N–H and O–H groups in total. The number of amides is 3. The zero-order chi connectivity index (χ0) is 20.6. The molecule has 3 amide bonds. The van der Waals surface area contributed by atoms with E-state index < -0.39 is 17.7 Å². The van der Waals surface area contributed by atoms with Gasteiger partial charge in [-0.05, 0) is 48.6 Å². The van der Waals surface area contributed by atoms with Crippen molar-refractivity contribution in [1.29, 1.82) is 0 Å². The number of aliphatic hydroxyl groups excluding tert-OH is 1. The smallest absolute Gasteiger partial charge is 0.325 e. The minimum atomic E-state index is -1.06. The van der Waals surface area contributed by atoms with Crippen LogP contribution in [-0.4, -0.2) is 41.2 Å². The zero-order valence-corrected chi connectivity index (χ0v) is 17.0. The number of hydrogen-bond acceptors (Lipinski definition) is 4. The minimum absolute atomic E-state index is 0.123. The maximum Gasteiger partial charge on any atom is 0.325 e. The van der Waals surface area contributed by atoms with Crippen LogP contribution in [0.25, 0.3) is 0 Å². The van der Waals surface area contributed by atoms with E-state index in [0.717, 1.165) is 28.9 Å². The predicted octanol–water partition coefficient (Wildman–Crippen LogP) is 3.52. The Labute approximate surface area is 178 Å². The highest BCUT2D eigenvalue weighted by Crippen LogP contribution is 2.40. The number of carbonyl (C=O) groups is 2. The molecular weight excluding hydrogens is 415 g/mol. The molecule has 8 heteroatoms. The number of aliphatic hydroxyl groups is 1. The van der Waals surface area contributed by atoms with E-state index in [1.165, 1.54) is 6.07 Å². The summed E-state index contributed by atoms with van der Waals surface area (Å²) >= 11 is 11.9. The van der Waals surface area contributed by atoms with Crippen molar-refractivity contribution in [3.63, 3.8) is 0 Å². The van der Waals surface area contributed by atoms with Gasteiger partial charge in [0, 0.05) is 5.02 Å². The van der Waals surface area contributed by atoms with Crippen molar-refractivity contribution in [2.24, 2.45) is 0 Å². The molecule has 1 aliphatic carbocycles. The van der Waals surface area contributed by atoms with Crippen LogP contribution in [-0.2, 0) is 16.8 Å². The number of halogens is 2. The van der Waals surface area contributed by atoms with Crippen LogP contribution >= 0.6 is 23.2 Å². The molecule has 1 spiro atoms. The molecule has 1 fully saturated rings. The monoisotopic (exact) mass is 434 g/mol. The number of aryl methyl sites for hydroxylation is 1. The summed E-state index contributed by atoms with van der Waals surface area (Å²) in [6.07, 6.45) is 1.15. The molecule has 2 aliphatic rings. The zero-order valence-electron chi connectivity index (χ0n) is 15.5. The number of nitrogens with one attached hydrogen (secondary N) is 1. The van der Waals surface area contributed by atoms with Crippen molar-refractivity contribution in [3.8, 4) is 5.75 Å². The lowest BCUT2D eigenvalue weighted by atomic mass is 9.76. The van der Waals surface area contributed by atoms with Gasteiger partial charge in [0.05, 0.1) is 11.6 Å². The van der Waals surface area contributed by atoms with Crippen LogP contribution in [0, 0.1) is 0 Å². The number of rotatable bonds is 5. The largest absolute Gasteiger partial charge is 0.489 e. The number of nitrogens with zero attached hydrogens (tertiary/aromatic N) is 1. The van der Waals surface area contributed by atoms with Gasteiger partial charge in [-0.25, -0.2) is 4.79 Å². The summed E-state index contributed by atoms with van der Waals surface area (Å²) in [4.78, 5) is 26.9. The third-order valence-electron chi connectivity index (χ3n) is 5.37. The Kier molecular flexibility index (Phi) is 5.42. The van der Waals surface area contributed by atoms with Crippen LogP contribution in [0.5, 0.6) is 5.75 Å². The highest BCUT2D eigenvalue weighted by Gasteiger charge is 2.54. The first-order chi connectivity index (χ1) is 13.9. The van der Waals surface area contributed by atoms with E-state index in [0.29, 0.717) is 22.2 Å². The lowest BCUT2D eigenvalue weighted by Crippen LogP contribution is -2.47. The third kappa shape index (κ3) is 3.68. The van der Waals surface area contributed by atoms with E-state index in [1.807, 2.05) is 24.3 Å². The molecular formula is C21H20Cl2N2O4. The summed E-state index contributed by atoms with van der Waals surface area (Å²) in [6, 6.07) is 11.9. The van der Waals surface area contributed by atoms with E-state index in [4.69, 9.17) is 27.9 Å². The molecule has 2 aromatic rings. The van der Waals surface area contributed by atoms with Crippen LogP contribution in [0.4, 0.5) is 4.79 Å². The SMILES string of the molecule is O=C1N[C@]2(CCCc3ccccc32)C(=O)N1C[C@H](O)COc1ccc(Cl)cc1Cl. The fraction of sp³-hybridized carbons (Fsp3) is 0.333. The number of β-amino-alcohol motifs (C(OH)–C–C–N with tert-alkyl or cyclic N) is 1. The molecule has 0 saturated carbocycles. The number of ether oxygens (including phenoxy) is 1. The molecule has 4 rings (SSSR count). The number of imide groups is 1. The number of hydrogen-bond donors (Lipinski definition) is 2. The van der Waals surface area contributed by atoms with Gasteiger partial charge in [0.15, 0.2) is 0 Å². The maximum absolute atomic E-state index is 13.2. The maximum atomic E-state index is 13.2. The first-order valence-electron chi connectivity index (χ1n) is 9.39. The molecule has 1 heterocycles. The van der Waals surface area contributed by atoms with E-state index in [2.05, 4.69) is 5.32 Å². The second-order valence-corrected chi connectivity index (χ2v) is 8.15. The van der Waals surface area contributed by atoms with E-state index in [-0.39, 0.29) is 19.1 Å². The molecule has 0 aromatic heterocycles. The molecule has 1 aliphatic heterocycles. The average molecular weight is 435 g/mol. The summed E-state index contributed by atoms with van der Waals surface area (Å²) in [5, 5.41) is 14.0. The van der Waals surface area contributed by atoms with E-state index >= 15 is 0 Å². The van der Waals surface area contributed by atoms with E-state index in [9.17, 15) is 14.7 Å². The predicted molar refractivity (Wildman–Crippen MR) is 109 cm³/mol. The molecule has 2 aromatic carbocycles. The second-order valence-electron chi connectivity index (χ2n) is 7.30. The first kappa shape index (κ1) is 20.0. The van der Waals surface area contributed by atoms with Gasteiger partial charge in [0.1, 0.15) is 24.0 Å². The Morgan fingerprint density at radius 3 is 2.79 bits per heavy atom. The van der Waals surface area contributed by atoms with Gasteiger partial charge in [-0.3, -0.25) is 9.69 Å². The van der Waals surface area contributed by atoms with Crippen molar-refractivity contribution < 1.29 is 19.4 Å².